The van der Waals surface area contributed by atoms with Crippen molar-refractivity contribution < 1.29 is 33.8 Å². The number of aliphatic carboxylic acids is 1. The molecule has 21 heavy (non-hydrogen) atoms. The summed E-state index contributed by atoms with van der Waals surface area (Å²) in [5, 5.41) is 10.2. The second kappa shape index (κ2) is 9.22. The number of rotatable bonds is 7. The number of carbonyl (C=O) groups is 4. The van der Waals surface area contributed by atoms with E-state index in [9.17, 15) is 19.2 Å². The van der Waals surface area contributed by atoms with Gasteiger partial charge in [-0.1, -0.05) is 13.8 Å². The first-order valence-electron chi connectivity index (χ1n) is 6.17. The van der Waals surface area contributed by atoms with Gasteiger partial charge in [-0.05, 0) is 11.8 Å². The van der Waals surface area contributed by atoms with Crippen molar-refractivity contribution in [2.75, 3.05) is 5.75 Å². The van der Waals surface area contributed by atoms with Crippen molar-refractivity contribution in [3.8, 4) is 0 Å². The summed E-state index contributed by atoms with van der Waals surface area (Å²) in [6.07, 6.45) is -1.07. The predicted molar refractivity (Wildman–Crippen MR) is 74.6 cm³/mol. The van der Waals surface area contributed by atoms with Crippen molar-refractivity contribution in [2.45, 2.75) is 40.0 Å². The summed E-state index contributed by atoms with van der Waals surface area (Å²) in [5.41, 5.74) is 0. The molecule has 0 saturated carbocycles. The summed E-state index contributed by atoms with van der Waals surface area (Å²) in [6, 6.07) is -1.20. The largest absolute Gasteiger partial charge is 0.480 e. The van der Waals surface area contributed by atoms with Crippen LogP contribution in [-0.4, -0.2) is 46.3 Å². The van der Waals surface area contributed by atoms with E-state index >= 15 is 0 Å². The third-order valence-electron chi connectivity index (χ3n) is 2.06. The minimum atomic E-state index is -1.26. The number of carbonyl (C=O) groups excluding carboxylic acids is 3. The molecule has 0 heterocycles. The number of hydrogen-bond donors (Lipinski definition) is 2. The maximum atomic E-state index is 11.5. The Hall–Kier alpha value is -1.77. The van der Waals surface area contributed by atoms with Crippen molar-refractivity contribution in [1.29, 1.82) is 0 Å². The van der Waals surface area contributed by atoms with Gasteiger partial charge in [-0.2, -0.15) is 0 Å². The molecule has 1 amide bonds. The van der Waals surface area contributed by atoms with Crippen LogP contribution in [0.15, 0.2) is 0 Å². The Morgan fingerprint density at radius 2 is 1.71 bits per heavy atom. The quantitative estimate of drug-likeness (QED) is 0.526. The fourth-order valence-electron chi connectivity index (χ4n) is 1.06. The van der Waals surface area contributed by atoms with E-state index in [4.69, 9.17) is 14.6 Å². The molecular weight excluding hydrogens is 302 g/mol. The molecule has 0 spiro atoms. The van der Waals surface area contributed by atoms with E-state index in [-0.39, 0.29) is 11.7 Å². The van der Waals surface area contributed by atoms with Crippen LogP contribution in [0.25, 0.3) is 0 Å². The lowest BCUT2D eigenvalue weighted by molar-refractivity contribution is -0.167. The van der Waals surface area contributed by atoms with Gasteiger partial charge >= 0.3 is 17.2 Å². The smallest absolute Gasteiger partial charge is 0.370 e. The fraction of sp³-hybridized carbons (Fsp3) is 0.667. The van der Waals surface area contributed by atoms with Gasteiger partial charge in [0.15, 0.2) is 0 Å². The highest BCUT2D eigenvalue weighted by Gasteiger charge is 2.22. The van der Waals surface area contributed by atoms with Gasteiger partial charge in [-0.15, -0.1) is 0 Å². The van der Waals surface area contributed by atoms with Crippen LogP contribution in [0.5, 0.6) is 0 Å². The van der Waals surface area contributed by atoms with Gasteiger partial charge in [-0.3, -0.25) is 9.59 Å². The molecule has 0 unspecified atom stereocenters. The summed E-state index contributed by atoms with van der Waals surface area (Å²) in [4.78, 5) is 44.4. The first kappa shape index (κ1) is 19.2. The van der Waals surface area contributed by atoms with Gasteiger partial charge in [-0.25, -0.2) is 9.59 Å². The Bertz CT molecular complexity index is 410. The van der Waals surface area contributed by atoms with Gasteiger partial charge in [0.2, 0.25) is 12.2 Å². The molecule has 2 atom stereocenters. The molecule has 0 bridgehead atoms. The van der Waals surface area contributed by atoms with Gasteiger partial charge < -0.3 is 19.9 Å². The summed E-state index contributed by atoms with van der Waals surface area (Å²) < 4.78 is 9.60. The maximum Gasteiger partial charge on any atom is 0.370 e. The number of esters is 1. The number of ether oxygens (including phenoxy) is 2. The van der Waals surface area contributed by atoms with Gasteiger partial charge in [0, 0.05) is 19.6 Å². The van der Waals surface area contributed by atoms with Crippen molar-refractivity contribution in [1.82, 2.24) is 5.32 Å². The lowest BCUT2D eigenvalue weighted by Gasteiger charge is -2.16. The fourth-order valence-corrected chi connectivity index (χ4v) is 1.80. The number of hydrogen-bond acceptors (Lipinski definition) is 7. The lowest BCUT2D eigenvalue weighted by Crippen LogP contribution is -2.41. The molecule has 0 fully saturated rings. The number of carboxylic acid groups (broad SMARTS) is 1. The van der Waals surface area contributed by atoms with E-state index in [0.29, 0.717) is 11.8 Å². The molecular formula is C12H19NO7S. The zero-order chi connectivity index (χ0) is 16.6. The Balaban J connectivity index is 4.21. The van der Waals surface area contributed by atoms with Crippen molar-refractivity contribution in [3.63, 3.8) is 0 Å². The van der Waals surface area contributed by atoms with Crippen LogP contribution in [0, 0.1) is 5.92 Å². The summed E-state index contributed by atoms with van der Waals surface area (Å²) in [6.45, 7) is 5.82. The average molecular weight is 321 g/mol. The van der Waals surface area contributed by atoms with Gasteiger partial charge in [0.1, 0.15) is 6.04 Å². The number of amides is 1. The van der Waals surface area contributed by atoms with Gasteiger partial charge in [0.25, 0.3) is 0 Å². The van der Waals surface area contributed by atoms with Crippen LogP contribution in [0.3, 0.4) is 0 Å². The highest BCUT2D eigenvalue weighted by atomic mass is 32.2. The molecule has 0 aliphatic carbocycles. The molecule has 9 heteroatoms. The second-order valence-electron chi connectivity index (χ2n) is 4.43. The highest BCUT2D eigenvalue weighted by Crippen LogP contribution is 2.11. The molecule has 0 saturated heterocycles. The van der Waals surface area contributed by atoms with Crippen LogP contribution in [-0.2, 0) is 23.9 Å². The minimum absolute atomic E-state index is 0.196. The van der Waals surface area contributed by atoms with Crippen LogP contribution in [0.4, 0.5) is 4.79 Å². The maximum absolute atomic E-state index is 11.5. The molecule has 0 aromatic heterocycles. The third-order valence-corrected chi connectivity index (χ3v) is 2.89. The summed E-state index contributed by atoms with van der Waals surface area (Å²) >= 11 is 0.571. The molecule has 0 aliphatic heterocycles. The van der Waals surface area contributed by atoms with Crippen LogP contribution in [0.1, 0.15) is 27.7 Å². The molecule has 0 radical (unpaired) electrons. The van der Waals surface area contributed by atoms with Crippen LogP contribution >= 0.6 is 11.8 Å². The Labute approximate surface area is 126 Å². The van der Waals surface area contributed by atoms with E-state index in [1.165, 1.54) is 13.8 Å². The number of carboxylic acids is 1. The van der Waals surface area contributed by atoms with E-state index in [0.717, 1.165) is 0 Å². The molecule has 8 nitrogen and oxygen atoms in total. The minimum Gasteiger partial charge on any atom is -0.480 e. The second-order valence-corrected chi connectivity index (χ2v) is 5.38. The van der Waals surface area contributed by atoms with Crippen molar-refractivity contribution >= 4 is 34.9 Å². The standard InChI is InChI=1S/C12H19NO7S/c1-6(2)11(17)19-8(4)20-12(18)21-5-9(10(15)16)13-7(3)14/h6,8-9H,5H2,1-4H3,(H,13,14)(H,15,16)/t8-,9+/m1/s1. The first-order chi connectivity index (χ1) is 9.63. The Morgan fingerprint density at radius 3 is 2.14 bits per heavy atom. The molecule has 0 aliphatic rings. The first-order valence-corrected chi connectivity index (χ1v) is 7.15. The Kier molecular flexibility index (Phi) is 8.44. The topological polar surface area (TPSA) is 119 Å². The molecule has 0 rings (SSSR count). The normalized spacial score (nSPS) is 13.2. The zero-order valence-electron chi connectivity index (χ0n) is 12.2. The van der Waals surface area contributed by atoms with E-state index in [1.54, 1.807) is 13.8 Å². The number of nitrogens with one attached hydrogen (secondary N) is 1. The Morgan fingerprint density at radius 1 is 1.14 bits per heavy atom. The lowest BCUT2D eigenvalue weighted by atomic mass is 10.2. The van der Waals surface area contributed by atoms with E-state index < -0.39 is 35.5 Å². The summed E-state index contributed by atoms with van der Waals surface area (Å²) in [7, 11) is 0. The van der Waals surface area contributed by atoms with Crippen LogP contribution in [0.2, 0.25) is 0 Å². The average Bonchev–Trinajstić information content (AvgIpc) is 2.33. The van der Waals surface area contributed by atoms with Crippen molar-refractivity contribution in [3.05, 3.63) is 0 Å². The molecule has 0 aromatic rings. The zero-order valence-corrected chi connectivity index (χ0v) is 13.1. The SMILES string of the molecule is CC(=O)N[C@@H](CSC(=O)O[C@H](C)OC(=O)C(C)C)C(=O)O. The van der Waals surface area contributed by atoms with Gasteiger partial charge in [0.05, 0.1) is 5.92 Å². The van der Waals surface area contributed by atoms with Crippen LogP contribution < -0.4 is 5.32 Å². The van der Waals surface area contributed by atoms with Crippen molar-refractivity contribution in [2.24, 2.45) is 5.92 Å². The monoisotopic (exact) mass is 321 g/mol. The number of thioether (sulfide) groups is 1. The third kappa shape index (κ3) is 8.90. The summed E-state index contributed by atoms with van der Waals surface area (Å²) in [5.74, 6) is -2.84. The van der Waals surface area contributed by atoms with E-state index in [2.05, 4.69) is 5.32 Å². The predicted octanol–water partition coefficient (Wildman–Crippen LogP) is 0.991. The van der Waals surface area contributed by atoms with E-state index in [1.807, 2.05) is 0 Å². The molecule has 0 aromatic carbocycles. The molecule has 120 valence electrons. The molecule has 2 N–H and O–H groups in total. The highest BCUT2D eigenvalue weighted by molar-refractivity contribution is 8.13.